The molecule has 0 bridgehead atoms. The Hall–Kier alpha value is -0.0800. The van der Waals surface area contributed by atoms with E-state index < -0.39 is 0 Å². The number of hydrogen-bond donors (Lipinski definition) is 1. The van der Waals surface area contributed by atoms with Gasteiger partial charge in [-0.1, -0.05) is 13.8 Å². The van der Waals surface area contributed by atoms with Crippen molar-refractivity contribution in [3.05, 3.63) is 0 Å². The summed E-state index contributed by atoms with van der Waals surface area (Å²) in [6.45, 7) is 9.73. The van der Waals surface area contributed by atoms with Crippen LogP contribution in [0.1, 0.15) is 26.7 Å². The van der Waals surface area contributed by atoms with Crippen molar-refractivity contribution in [3.8, 4) is 0 Å². The Labute approximate surface area is 81.7 Å². The number of piperazine rings is 1. The van der Waals surface area contributed by atoms with Crippen LogP contribution in [0.2, 0.25) is 0 Å². The molecule has 0 amide bonds. The van der Waals surface area contributed by atoms with Crippen LogP contribution in [0.25, 0.3) is 0 Å². The lowest BCUT2D eigenvalue weighted by Gasteiger charge is -2.35. The van der Waals surface area contributed by atoms with Crippen LogP contribution < -0.4 is 5.32 Å². The molecule has 1 aliphatic carbocycles. The lowest BCUT2D eigenvalue weighted by atomic mass is 10.0. The zero-order valence-electron chi connectivity index (χ0n) is 8.92. The molecule has 1 atom stereocenters. The highest BCUT2D eigenvalue weighted by Gasteiger charge is 2.28. The molecule has 0 unspecified atom stereocenters. The zero-order valence-corrected chi connectivity index (χ0v) is 8.92. The third-order valence-electron chi connectivity index (χ3n) is 3.31. The predicted octanol–water partition coefficient (Wildman–Crippen LogP) is 1.33. The second-order valence-corrected chi connectivity index (χ2v) is 5.01. The highest BCUT2D eigenvalue weighted by molar-refractivity contribution is 4.84. The Bertz CT molecular complexity index is 163. The van der Waals surface area contributed by atoms with E-state index in [1.165, 1.54) is 39.0 Å². The molecule has 0 spiro atoms. The fourth-order valence-corrected chi connectivity index (χ4v) is 2.12. The van der Waals surface area contributed by atoms with Crippen molar-refractivity contribution >= 4 is 0 Å². The molecule has 2 fully saturated rings. The molecule has 1 heterocycles. The van der Waals surface area contributed by atoms with Gasteiger partial charge in [0.05, 0.1) is 0 Å². The van der Waals surface area contributed by atoms with Gasteiger partial charge in [0, 0.05) is 32.2 Å². The van der Waals surface area contributed by atoms with Crippen LogP contribution in [-0.4, -0.2) is 37.1 Å². The summed E-state index contributed by atoms with van der Waals surface area (Å²) >= 11 is 0. The highest BCUT2D eigenvalue weighted by atomic mass is 15.2. The van der Waals surface area contributed by atoms with Crippen molar-refractivity contribution in [2.24, 2.45) is 11.8 Å². The van der Waals surface area contributed by atoms with Crippen molar-refractivity contribution in [1.82, 2.24) is 10.2 Å². The van der Waals surface area contributed by atoms with Gasteiger partial charge in [0.25, 0.3) is 0 Å². The van der Waals surface area contributed by atoms with Crippen LogP contribution in [0.5, 0.6) is 0 Å². The Balaban J connectivity index is 1.77. The van der Waals surface area contributed by atoms with Crippen LogP contribution in [-0.2, 0) is 0 Å². The summed E-state index contributed by atoms with van der Waals surface area (Å²) in [6.07, 6.45) is 2.96. The normalized spacial score (nSPS) is 31.2. The summed E-state index contributed by atoms with van der Waals surface area (Å²) in [7, 11) is 0. The van der Waals surface area contributed by atoms with Crippen molar-refractivity contribution in [2.75, 3.05) is 26.2 Å². The number of nitrogens with one attached hydrogen (secondary N) is 1. The van der Waals surface area contributed by atoms with Crippen molar-refractivity contribution in [2.45, 2.75) is 32.7 Å². The first-order valence-electron chi connectivity index (χ1n) is 5.71. The summed E-state index contributed by atoms with van der Waals surface area (Å²) in [4.78, 5) is 2.65. The molecular formula is C11H22N2. The molecule has 1 saturated carbocycles. The van der Waals surface area contributed by atoms with E-state index >= 15 is 0 Å². The SMILES string of the molecule is CC(C)[C@H]1CN(CC2CC2)CCN1. The Morgan fingerprint density at radius 3 is 2.77 bits per heavy atom. The maximum absolute atomic E-state index is 3.60. The molecule has 0 radical (unpaired) electrons. The summed E-state index contributed by atoms with van der Waals surface area (Å²) in [5.41, 5.74) is 0. The standard InChI is InChI=1S/C11H22N2/c1-9(2)11-8-13(6-5-12-11)7-10-3-4-10/h9-12H,3-8H2,1-2H3/t11-/m1/s1. The summed E-state index contributed by atoms with van der Waals surface area (Å²) in [5, 5.41) is 3.60. The quantitative estimate of drug-likeness (QED) is 0.708. The first-order valence-corrected chi connectivity index (χ1v) is 5.71. The molecule has 0 aromatic rings. The van der Waals surface area contributed by atoms with Gasteiger partial charge >= 0.3 is 0 Å². The van der Waals surface area contributed by atoms with Crippen molar-refractivity contribution in [3.63, 3.8) is 0 Å². The van der Waals surface area contributed by atoms with Crippen LogP contribution in [0.15, 0.2) is 0 Å². The van der Waals surface area contributed by atoms with Gasteiger partial charge in [-0.25, -0.2) is 0 Å². The molecule has 13 heavy (non-hydrogen) atoms. The maximum atomic E-state index is 3.60. The fraction of sp³-hybridized carbons (Fsp3) is 1.00. The van der Waals surface area contributed by atoms with Gasteiger partial charge in [0.2, 0.25) is 0 Å². The Kier molecular flexibility index (Phi) is 2.89. The minimum absolute atomic E-state index is 0.729. The molecule has 0 aromatic carbocycles. The van der Waals surface area contributed by atoms with Crippen LogP contribution in [0.4, 0.5) is 0 Å². The highest BCUT2D eigenvalue weighted by Crippen LogP contribution is 2.30. The first-order chi connectivity index (χ1) is 6.25. The third-order valence-corrected chi connectivity index (χ3v) is 3.31. The summed E-state index contributed by atoms with van der Waals surface area (Å²) in [5.74, 6) is 1.83. The van der Waals surface area contributed by atoms with E-state index in [1.54, 1.807) is 0 Å². The number of rotatable bonds is 3. The third kappa shape index (κ3) is 2.68. The topological polar surface area (TPSA) is 15.3 Å². The molecule has 2 rings (SSSR count). The predicted molar refractivity (Wildman–Crippen MR) is 55.8 cm³/mol. The van der Waals surface area contributed by atoms with Gasteiger partial charge in [0.15, 0.2) is 0 Å². The van der Waals surface area contributed by atoms with Gasteiger partial charge in [-0.05, 0) is 24.7 Å². The van der Waals surface area contributed by atoms with Crippen molar-refractivity contribution < 1.29 is 0 Å². The minimum Gasteiger partial charge on any atom is -0.311 e. The molecule has 2 aliphatic rings. The van der Waals surface area contributed by atoms with Crippen LogP contribution in [0, 0.1) is 11.8 Å². The lowest BCUT2D eigenvalue weighted by molar-refractivity contribution is 0.169. The summed E-state index contributed by atoms with van der Waals surface area (Å²) in [6, 6.07) is 0.729. The van der Waals surface area contributed by atoms with Gasteiger partial charge < -0.3 is 10.2 Å². The van der Waals surface area contributed by atoms with E-state index in [9.17, 15) is 0 Å². The average Bonchev–Trinajstić information content (AvgIpc) is 2.89. The average molecular weight is 182 g/mol. The fourth-order valence-electron chi connectivity index (χ4n) is 2.12. The van der Waals surface area contributed by atoms with E-state index in [0.717, 1.165) is 17.9 Å². The van der Waals surface area contributed by atoms with Gasteiger partial charge in [-0.15, -0.1) is 0 Å². The zero-order chi connectivity index (χ0) is 9.26. The lowest BCUT2D eigenvalue weighted by Crippen LogP contribution is -2.53. The van der Waals surface area contributed by atoms with Crippen molar-refractivity contribution in [1.29, 1.82) is 0 Å². The second-order valence-electron chi connectivity index (χ2n) is 5.01. The largest absolute Gasteiger partial charge is 0.311 e. The van der Waals surface area contributed by atoms with E-state index in [1.807, 2.05) is 0 Å². The van der Waals surface area contributed by atoms with E-state index in [2.05, 4.69) is 24.1 Å². The maximum Gasteiger partial charge on any atom is 0.0218 e. The van der Waals surface area contributed by atoms with E-state index in [0.29, 0.717) is 0 Å². The van der Waals surface area contributed by atoms with E-state index in [4.69, 9.17) is 0 Å². The minimum atomic E-state index is 0.729. The van der Waals surface area contributed by atoms with Gasteiger partial charge in [-0.3, -0.25) is 0 Å². The molecule has 0 aromatic heterocycles. The number of hydrogen-bond acceptors (Lipinski definition) is 2. The molecule has 76 valence electrons. The Morgan fingerprint density at radius 1 is 1.38 bits per heavy atom. The monoisotopic (exact) mass is 182 g/mol. The molecule has 1 N–H and O–H groups in total. The molecule has 2 nitrogen and oxygen atoms in total. The van der Waals surface area contributed by atoms with Crippen LogP contribution >= 0.6 is 0 Å². The smallest absolute Gasteiger partial charge is 0.0218 e. The van der Waals surface area contributed by atoms with Gasteiger partial charge in [-0.2, -0.15) is 0 Å². The first kappa shape index (κ1) is 9.47. The molecule has 1 saturated heterocycles. The van der Waals surface area contributed by atoms with E-state index in [-0.39, 0.29) is 0 Å². The number of nitrogens with zero attached hydrogens (tertiary/aromatic N) is 1. The second kappa shape index (κ2) is 3.97. The molecular weight excluding hydrogens is 160 g/mol. The van der Waals surface area contributed by atoms with Crippen LogP contribution in [0.3, 0.4) is 0 Å². The Morgan fingerprint density at radius 2 is 2.15 bits per heavy atom. The summed E-state index contributed by atoms with van der Waals surface area (Å²) < 4.78 is 0. The molecule has 1 aliphatic heterocycles. The van der Waals surface area contributed by atoms with Gasteiger partial charge in [0.1, 0.15) is 0 Å². The molecule has 2 heteroatoms.